The van der Waals surface area contributed by atoms with Gasteiger partial charge in [-0.1, -0.05) is 39.0 Å². The van der Waals surface area contributed by atoms with E-state index in [1.54, 1.807) is 12.4 Å². The zero-order chi connectivity index (χ0) is 25.7. The highest BCUT2D eigenvalue weighted by Crippen LogP contribution is 2.70. The average Bonchev–Trinajstić information content (AvgIpc) is 3.36. The number of likely N-dealkylation sites (N-methyl/N-ethyl adjacent to an activating group) is 1. The number of nitrogens with zero attached hydrogens (tertiary/aromatic N) is 2. The lowest BCUT2D eigenvalue weighted by atomic mass is 9.49. The van der Waals surface area contributed by atoms with E-state index in [4.69, 9.17) is 4.74 Å². The third kappa shape index (κ3) is 2.94. The molecule has 2 spiro atoms. The van der Waals surface area contributed by atoms with Gasteiger partial charge in [0.1, 0.15) is 6.10 Å². The van der Waals surface area contributed by atoms with Gasteiger partial charge in [0.25, 0.3) is 5.91 Å². The van der Waals surface area contributed by atoms with Crippen molar-refractivity contribution >= 4 is 11.6 Å². The molecule has 1 saturated carbocycles. The molecule has 5 aliphatic rings. The molecule has 1 aromatic heterocycles. The van der Waals surface area contributed by atoms with Crippen molar-refractivity contribution in [2.24, 2.45) is 16.7 Å². The first-order chi connectivity index (χ1) is 17.0. The predicted molar refractivity (Wildman–Crippen MR) is 137 cm³/mol. The molecule has 3 heterocycles. The number of amides is 1. The van der Waals surface area contributed by atoms with E-state index in [0.717, 1.165) is 36.0 Å². The van der Waals surface area contributed by atoms with Gasteiger partial charge in [0.05, 0.1) is 29.2 Å². The van der Waals surface area contributed by atoms with Crippen LogP contribution in [-0.2, 0) is 9.53 Å². The Kier molecular flexibility index (Phi) is 5.08. The molecule has 3 N–H and O–H groups in total. The monoisotopic (exact) mass is 491 g/mol. The first-order valence-corrected chi connectivity index (χ1v) is 13.1. The number of allylic oxidation sites excluding steroid dienone is 2. The second-order valence-electron chi connectivity index (χ2n) is 12.4. The topological polar surface area (TPSA) is 94.9 Å². The molecule has 2 bridgehead atoms. The number of ether oxygens (including phenoxy) is 1. The number of carbonyl (C=O) groups is 1. The maximum atomic E-state index is 13.6. The van der Waals surface area contributed by atoms with E-state index < -0.39 is 28.8 Å². The van der Waals surface area contributed by atoms with Crippen molar-refractivity contribution in [3.05, 3.63) is 59.5 Å². The van der Waals surface area contributed by atoms with Gasteiger partial charge in [-0.2, -0.15) is 0 Å². The minimum absolute atomic E-state index is 0.0852. The summed E-state index contributed by atoms with van der Waals surface area (Å²) in [4.78, 5) is 19.7. The number of anilines is 1. The number of aromatic nitrogens is 1. The molecule has 2 aliphatic heterocycles. The third-order valence-electron chi connectivity index (χ3n) is 10.2. The molecule has 0 radical (unpaired) electrons. The first kappa shape index (κ1) is 24.0. The zero-order valence-electron chi connectivity index (χ0n) is 21.8. The summed E-state index contributed by atoms with van der Waals surface area (Å²) in [7, 11) is 3.89. The van der Waals surface area contributed by atoms with Gasteiger partial charge in [0, 0.05) is 29.1 Å². The quantitative estimate of drug-likeness (QED) is 0.601. The van der Waals surface area contributed by atoms with Gasteiger partial charge in [-0.3, -0.25) is 9.78 Å². The summed E-state index contributed by atoms with van der Waals surface area (Å²) in [5, 5.41) is 25.2. The Hall–Kier alpha value is -2.32. The van der Waals surface area contributed by atoms with Crippen LogP contribution in [0.5, 0.6) is 0 Å². The van der Waals surface area contributed by atoms with E-state index in [1.165, 1.54) is 0 Å². The van der Waals surface area contributed by atoms with Crippen molar-refractivity contribution in [1.29, 1.82) is 0 Å². The van der Waals surface area contributed by atoms with Gasteiger partial charge in [-0.15, -0.1) is 0 Å². The maximum absolute atomic E-state index is 13.6. The number of nitrogens with one attached hydrogen (secondary N) is 1. The van der Waals surface area contributed by atoms with E-state index in [1.807, 2.05) is 31.1 Å². The Morgan fingerprint density at radius 2 is 2.00 bits per heavy atom. The van der Waals surface area contributed by atoms with Crippen LogP contribution >= 0.6 is 0 Å². The van der Waals surface area contributed by atoms with Gasteiger partial charge in [0.2, 0.25) is 0 Å². The molecule has 1 saturated heterocycles. The van der Waals surface area contributed by atoms with Gasteiger partial charge >= 0.3 is 0 Å². The standard InChI is InChI=1S/C29H37N3O4/c1-26(2)14-17-13-20-23(33)24(34)21(32(4)5)15-28(20)10-11-29(17,36-28)22-9-8-19(27(22,26)3)25(35)31-18-7-6-12-30-16-18/h6-8,12-14,16,21-24,33-34H,9-11,15H2,1-5H3,(H,31,35). The fraction of sp³-hybridized carbons (Fsp3) is 0.586. The molecular weight excluding hydrogens is 454 g/mol. The van der Waals surface area contributed by atoms with Crippen molar-refractivity contribution in [1.82, 2.24) is 9.88 Å². The van der Waals surface area contributed by atoms with E-state index in [-0.39, 0.29) is 23.3 Å². The van der Waals surface area contributed by atoms with Gasteiger partial charge in [0.15, 0.2) is 0 Å². The average molecular weight is 492 g/mol. The van der Waals surface area contributed by atoms with Crippen molar-refractivity contribution in [2.75, 3.05) is 19.4 Å². The molecule has 3 aliphatic carbocycles. The van der Waals surface area contributed by atoms with E-state index >= 15 is 0 Å². The summed E-state index contributed by atoms with van der Waals surface area (Å²) >= 11 is 0. The Labute approximate surface area is 212 Å². The zero-order valence-corrected chi connectivity index (χ0v) is 21.8. The van der Waals surface area contributed by atoms with Crippen molar-refractivity contribution in [3.63, 3.8) is 0 Å². The number of hydrogen-bond donors (Lipinski definition) is 3. The van der Waals surface area contributed by atoms with Crippen LogP contribution in [0.15, 0.2) is 59.5 Å². The summed E-state index contributed by atoms with van der Waals surface area (Å²) in [6.45, 7) is 6.61. The summed E-state index contributed by atoms with van der Waals surface area (Å²) in [5.41, 5.74) is 1.52. The fourth-order valence-electron chi connectivity index (χ4n) is 8.06. The molecule has 192 valence electrons. The molecule has 7 unspecified atom stereocenters. The lowest BCUT2D eigenvalue weighted by molar-refractivity contribution is -0.172. The number of hydrogen-bond acceptors (Lipinski definition) is 6. The predicted octanol–water partition coefficient (Wildman–Crippen LogP) is 3.22. The highest BCUT2D eigenvalue weighted by Gasteiger charge is 2.70. The van der Waals surface area contributed by atoms with E-state index in [2.05, 4.69) is 49.3 Å². The van der Waals surface area contributed by atoms with Crippen LogP contribution in [-0.4, -0.2) is 69.6 Å². The summed E-state index contributed by atoms with van der Waals surface area (Å²) in [5.74, 6) is 0.00609. The summed E-state index contributed by atoms with van der Waals surface area (Å²) < 4.78 is 7.19. The fourth-order valence-corrected chi connectivity index (χ4v) is 8.06. The Balaban J connectivity index is 1.42. The molecule has 2 fully saturated rings. The van der Waals surface area contributed by atoms with Crippen molar-refractivity contribution in [3.8, 4) is 0 Å². The molecule has 7 heteroatoms. The molecule has 1 amide bonds. The number of pyridine rings is 1. The highest BCUT2D eigenvalue weighted by atomic mass is 16.5. The van der Waals surface area contributed by atoms with Crippen LogP contribution in [0.3, 0.4) is 0 Å². The number of aliphatic hydroxyl groups excluding tert-OH is 2. The SMILES string of the molecule is CN(C)C1CC23CCC4(O2)C(=CC(C)(C)C2(C)C(C(=O)Nc5cccnc5)=CCC42)C=C3C(O)C1O. The molecule has 1 aromatic rings. The van der Waals surface area contributed by atoms with Crippen LogP contribution in [0, 0.1) is 16.7 Å². The third-order valence-corrected chi connectivity index (χ3v) is 10.2. The second kappa shape index (κ2) is 7.60. The Bertz CT molecular complexity index is 1200. The number of aliphatic hydroxyl groups is 2. The summed E-state index contributed by atoms with van der Waals surface area (Å²) in [6, 6.07) is 3.48. The lowest BCUT2D eigenvalue weighted by Gasteiger charge is -2.59. The molecule has 7 nitrogen and oxygen atoms in total. The number of rotatable bonds is 3. The van der Waals surface area contributed by atoms with Crippen LogP contribution in [0.2, 0.25) is 0 Å². The van der Waals surface area contributed by atoms with Gasteiger partial charge in [-0.25, -0.2) is 0 Å². The highest BCUT2D eigenvalue weighted by molar-refractivity contribution is 6.05. The smallest absolute Gasteiger partial charge is 0.251 e. The first-order valence-electron chi connectivity index (χ1n) is 13.1. The Morgan fingerprint density at radius 1 is 1.22 bits per heavy atom. The molecule has 36 heavy (non-hydrogen) atoms. The largest absolute Gasteiger partial charge is 0.388 e. The number of carbonyl (C=O) groups excluding carboxylic acids is 1. The molecule has 7 atom stereocenters. The normalized spacial score (nSPS) is 42.1. The second-order valence-corrected chi connectivity index (χ2v) is 12.4. The molecule has 0 aromatic carbocycles. The van der Waals surface area contributed by atoms with Crippen molar-refractivity contribution < 1.29 is 19.7 Å². The molecular formula is C29H37N3O4. The molecule has 6 rings (SSSR count). The van der Waals surface area contributed by atoms with Gasteiger partial charge in [-0.05, 0) is 68.5 Å². The van der Waals surface area contributed by atoms with Crippen LogP contribution in [0.4, 0.5) is 5.69 Å². The van der Waals surface area contributed by atoms with Crippen molar-refractivity contribution in [2.45, 2.75) is 75.9 Å². The van der Waals surface area contributed by atoms with Crippen LogP contribution in [0.25, 0.3) is 0 Å². The number of fused-ring (bicyclic) bond motifs is 1. The Morgan fingerprint density at radius 3 is 2.69 bits per heavy atom. The van der Waals surface area contributed by atoms with E-state index in [0.29, 0.717) is 12.1 Å². The van der Waals surface area contributed by atoms with Crippen LogP contribution < -0.4 is 5.32 Å². The minimum atomic E-state index is -0.956. The summed E-state index contributed by atoms with van der Waals surface area (Å²) in [6.07, 6.45) is 11.1. The minimum Gasteiger partial charge on any atom is -0.388 e. The maximum Gasteiger partial charge on any atom is 0.251 e. The van der Waals surface area contributed by atoms with Crippen LogP contribution in [0.1, 0.15) is 46.5 Å². The lowest BCUT2D eigenvalue weighted by Crippen LogP contribution is -2.63. The van der Waals surface area contributed by atoms with Gasteiger partial charge < -0.3 is 25.2 Å². The van der Waals surface area contributed by atoms with E-state index in [9.17, 15) is 15.0 Å².